The minimum absolute atomic E-state index is 0.0161. The Morgan fingerprint density at radius 1 is 0.731 bits per heavy atom. The fraction of sp³-hybridized carbons (Fsp3) is 0.100. The molecule has 0 bridgehead atoms. The summed E-state index contributed by atoms with van der Waals surface area (Å²) < 4.78 is 24.1. The van der Waals surface area contributed by atoms with E-state index in [0.29, 0.717) is 21.9 Å². The molecule has 2 aromatic carbocycles. The van der Waals surface area contributed by atoms with E-state index < -0.39 is 13.8 Å². The van der Waals surface area contributed by atoms with Crippen LogP contribution in [0, 0.1) is 13.8 Å². The molecular weight excluding hydrogens is 399 g/mol. The van der Waals surface area contributed by atoms with Crippen LogP contribution in [0.5, 0.6) is 0 Å². The SMILES string of the molecule is Cc1cccc2c(=O)c([Se](=O)c3coc4c(C)cccc4c3=O)coc12. The Morgan fingerprint density at radius 3 is 1.58 bits per heavy atom. The van der Waals surface area contributed by atoms with Gasteiger partial charge < -0.3 is 0 Å². The molecule has 4 rings (SSSR count). The molecule has 0 amide bonds. The molecule has 0 aliphatic carbocycles. The van der Waals surface area contributed by atoms with Gasteiger partial charge in [0.05, 0.1) is 0 Å². The van der Waals surface area contributed by atoms with Crippen LogP contribution in [0.2, 0.25) is 0 Å². The Hall–Kier alpha value is -2.82. The molecule has 0 saturated heterocycles. The van der Waals surface area contributed by atoms with E-state index in [9.17, 15) is 13.4 Å². The fourth-order valence-electron chi connectivity index (χ4n) is 2.95. The van der Waals surface area contributed by atoms with E-state index >= 15 is 0 Å². The first-order valence-corrected chi connectivity index (χ1v) is 10.3. The van der Waals surface area contributed by atoms with Crippen molar-refractivity contribution in [2.75, 3.05) is 0 Å². The van der Waals surface area contributed by atoms with E-state index in [1.54, 1.807) is 24.3 Å². The summed E-state index contributed by atoms with van der Waals surface area (Å²) in [5.41, 5.74) is 1.79. The molecule has 26 heavy (non-hydrogen) atoms. The number of rotatable bonds is 2. The molecule has 6 heteroatoms. The zero-order chi connectivity index (χ0) is 18.4. The molecule has 2 heterocycles. The number of hydrogen-bond donors (Lipinski definition) is 0. The van der Waals surface area contributed by atoms with Gasteiger partial charge in [0, 0.05) is 0 Å². The normalized spacial score (nSPS) is 11.5. The molecule has 4 aromatic rings. The summed E-state index contributed by atoms with van der Waals surface area (Å²) in [6.45, 7) is 3.66. The second-order valence-electron chi connectivity index (χ2n) is 6.03. The first kappa shape index (κ1) is 16.6. The Labute approximate surface area is 152 Å². The predicted octanol–water partition coefficient (Wildman–Crippen LogP) is 2.05. The van der Waals surface area contributed by atoms with E-state index in [4.69, 9.17) is 8.83 Å². The Balaban J connectivity index is 1.95. The van der Waals surface area contributed by atoms with Gasteiger partial charge in [-0.1, -0.05) is 0 Å². The minimum atomic E-state index is -3.14. The molecule has 5 nitrogen and oxygen atoms in total. The van der Waals surface area contributed by atoms with Crippen molar-refractivity contribution < 1.29 is 12.7 Å². The van der Waals surface area contributed by atoms with Gasteiger partial charge in [0.25, 0.3) is 0 Å². The van der Waals surface area contributed by atoms with Gasteiger partial charge >= 0.3 is 152 Å². The van der Waals surface area contributed by atoms with Crippen molar-refractivity contribution in [3.8, 4) is 0 Å². The first-order chi connectivity index (χ1) is 12.5. The van der Waals surface area contributed by atoms with E-state index in [1.807, 2.05) is 26.0 Å². The maximum absolute atomic E-state index is 13.0. The quantitative estimate of drug-likeness (QED) is 0.470. The van der Waals surface area contributed by atoms with Gasteiger partial charge in [0.2, 0.25) is 0 Å². The van der Waals surface area contributed by atoms with Crippen molar-refractivity contribution >= 4 is 44.7 Å². The third-order valence-corrected chi connectivity index (χ3v) is 7.19. The molecule has 130 valence electrons. The molecular formula is C20H14O5Se. The van der Waals surface area contributed by atoms with Crippen molar-refractivity contribution in [2.45, 2.75) is 13.8 Å². The molecule has 0 aliphatic heterocycles. The topological polar surface area (TPSA) is 77.5 Å². The molecule has 0 unspecified atom stereocenters. The zero-order valence-corrected chi connectivity index (χ0v) is 15.8. The van der Waals surface area contributed by atoms with Crippen LogP contribution in [0.25, 0.3) is 21.9 Å². The van der Waals surface area contributed by atoms with Gasteiger partial charge in [-0.2, -0.15) is 0 Å². The summed E-state index contributed by atoms with van der Waals surface area (Å²) in [5.74, 6) is 0. The van der Waals surface area contributed by atoms with E-state index in [-0.39, 0.29) is 19.8 Å². The molecule has 0 N–H and O–H groups in total. The van der Waals surface area contributed by atoms with Gasteiger partial charge in [0.15, 0.2) is 0 Å². The predicted molar refractivity (Wildman–Crippen MR) is 100 cm³/mol. The molecule has 0 atom stereocenters. The number of hydrogen-bond acceptors (Lipinski definition) is 5. The number of aryl methyl sites for hydroxylation is 2. The monoisotopic (exact) mass is 414 g/mol. The van der Waals surface area contributed by atoms with E-state index in [2.05, 4.69) is 0 Å². The van der Waals surface area contributed by atoms with Crippen molar-refractivity contribution in [1.82, 2.24) is 0 Å². The van der Waals surface area contributed by atoms with Crippen molar-refractivity contribution in [3.05, 3.63) is 80.5 Å². The van der Waals surface area contributed by atoms with E-state index in [0.717, 1.165) is 11.1 Å². The molecule has 2 aromatic heterocycles. The summed E-state index contributed by atoms with van der Waals surface area (Å²) in [7, 11) is 0. The maximum atomic E-state index is 13.0. The van der Waals surface area contributed by atoms with Gasteiger partial charge in [0.1, 0.15) is 0 Å². The van der Waals surface area contributed by atoms with Crippen LogP contribution in [0.3, 0.4) is 0 Å². The first-order valence-electron chi connectivity index (χ1n) is 7.93. The van der Waals surface area contributed by atoms with Crippen molar-refractivity contribution in [3.63, 3.8) is 0 Å². The average Bonchev–Trinajstić information content (AvgIpc) is 2.63. The van der Waals surface area contributed by atoms with Crippen molar-refractivity contribution in [1.29, 1.82) is 0 Å². The summed E-state index contributed by atoms with van der Waals surface area (Å²) in [6, 6.07) is 10.4. The molecule has 0 fully saturated rings. The Kier molecular flexibility index (Phi) is 3.94. The second kappa shape index (κ2) is 6.16. The molecule has 0 aliphatic rings. The van der Waals surface area contributed by atoms with E-state index in [1.165, 1.54) is 12.5 Å². The van der Waals surface area contributed by atoms with Crippen LogP contribution in [-0.2, 0) is 3.83 Å². The van der Waals surface area contributed by atoms with Crippen molar-refractivity contribution in [2.24, 2.45) is 0 Å². The Morgan fingerprint density at radius 2 is 1.15 bits per heavy atom. The zero-order valence-electron chi connectivity index (χ0n) is 14.1. The van der Waals surface area contributed by atoms with Crippen LogP contribution < -0.4 is 19.8 Å². The summed E-state index contributed by atoms with van der Waals surface area (Å²) >= 11 is -3.14. The molecule has 0 spiro atoms. The third-order valence-electron chi connectivity index (χ3n) is 4.33. The van der Waals surface area contributed by atoms with Crippen LogP contribution in [0.15, 0.2) is 67.3 Å². The third kappa shape index (κ3) is 2.46. The van der Waals surface area contributed by atoms with Gasteiger partial charge in [-0.05, 0) is 0 Å². The average molecular weight is 413 g/mol. The fourth-order valence-corrected chi connectivity index (χ4v) is 5.18. The Bertz CT molecular complexity index is 1210. The van der Waals surface area contributed by atoms with Crippen LogP contribution in [0.4, 0.5) is 0 Å². The number of benzene rings is 2. The van der Waals surface area contributed by atoms with Gasteiger partial charge in [-0.3, -0.25) is 0 Å². The number of fused-ring (bicyclic) bond motifs is 2. The van der Waals surface area contributed by atoms with Gasteiger partial charge in [-0.15, -0.1) is 0 Å². The van der Waals surface area contributed by atoms with Crippen LogP contribution in [0.1, 0.15) is 11.1 Å². The number of para-hydroxylation sites is 2. The molecule has 0 saturated carbocycles. The summed E-state index contributed by atoms with van der Waals surface area (Å²) in [6.07, 6.45) is 2.41. The van der Waals surface area contributed by atoms with Gasteiger partial charge in [-0.25, -0.2) is 0 Å². The van der Waals surface area contributed by atoms with Crippen LogP contribution in [-0.4, -0.2) is 13.8 Å². The standard InChI is InChI=1S/C20H14O5Se/c1-11-5-3-7-13-17(21)15(9-24-19(11)13)26(23)16-10-25-20-12(2)6-4-8-14(20)18(16)22/h3-10H,1-2H3. The van der Waals surface area contributed by atoms with Crippen LogP contribution >= 0.6 is 0 Å². The molecule has 0 radical (unpaired) electrons. The summed E-state index contributed by atoms with van der Waals surface area (Å²) in [4.78, 5) is 25.5. The second-order valence-corrected chi connectivity index (χ2v) is 9.00. The summed E-state index contributed by atoms with van der Waals surface area (Å²) in [5, 5.41) is 0.709.